The number of aliphatic hydroxyl groups is 1. The highest BCUT2D eigenvalue weighted by molar-refractivity contribution is 8.13. The molecule has 0 saturated carbocycles. The van der Waals surface area contributed by atoms with E-state index >= 15 is 0 Å². The summed E-state index contributed by atoms with van der Waals surface area (Å²) in [5.74, 6) is 0. The van der Waals surface area contributed by atoms with Crippen molar-refractivity contribution < 1.29 is 42.1 Å². The zero-order valence-corrected chi connectivity index (χ0v) is 23.1. The maximum atomic E-state index is 11.1. The van der Waals surface area contributed by atoms with E-state index in [4.69, 9.17) is 29.6 Å². The first-order chi connectivity index (χ1) is 15.9. The summed E-state index contributed by atoms with van der Waals surface area (Å²) in [6.07, 6.45) is 0.00501. The van der Waals surface area contributed by atoms with Gasteiger partial charge in [0.15, 0.2) is 0 Å². The molecule has 3 N–H and O–H groups in total. The van der Waals surface area contributed by atoms with Crippen molar-refractivity contribution in [1.82, 2.24) is 10.6 Å². The molecule has 208 valence electrons. The van der Waals surface area contributed by atoms with Gasteiger partial charge in [0, 0.05) is 35.2 Å². The van der Waals surface area contributed by atoms with Gasteiger partial charge in [-0.25, -0.2) is 18.0 Å². The lowest BCUT2D eigenvalue weighted by Gasteiger charge is -2.19. The van der Waals surface area contributed by atoms with Crippen molar-refractivity contribution in [1.29, 1.82) is 0 Å². The lowest BCUT2D eigenvalue weighted by molar-refractivity contribution is 0.0480. The topological polar surface area (TPSA) is 198 Å². The summed E-state index contributed by atoms with van der Waals surface area (Å²) in [5.41, 5.74) is 7.01. The van der Waals surface area contributed by atoms with Crippen molar-refractivity contribution in [3.63, 3.8) is 0 Å². The molecule has 2 amide bonds. The molecular formula is C19H40ClN5O9S. The van der Waals surface area contributed by atoms with Crippen LogP contribution in [0.3, 0.4) is 0 Å². The number of hydrogen-bond donors (Lipinski definition) is 3. The molecule has 0 unspecified atom stereocenters. The first kappa shape index (κ1) is 37.5. The maximum Gasteiger partial charge on any atom is 0.407 e. The summed E-state index contributed by atoms with van der Waals surface area (Å²) < 4.78 is 38.8. The summed E-state index contributed by atoms with van der Waals surface area (Å²) >= 11 is 0. The van der Waals surface area contributed by atoms with Gasteiger partial charge in [0.1, 0.15) is 11.2 Å². The Bertz CT molecular complexity index is 711. The van der Waals surface area contributed by atoms with Gasteiger partial charge in [0.25, 0.3) is 0 Å². The Hall–Kier alpha value is -2.03. The fourth-order valence-electron chi connectivity index (χ4n) is 1.50. The van der Waals surface area contributed by atoms with Gasteiger partial charge in [0.05, 0.1) is 39.3 Å². The van der Waals surface area contributed by atoms with E-state index in [1.165, 1.54) is 0 Å². The fourth-order valence-corrected chi connectivity index (χ4v) is 1.50. The number of hydrogen-bond acceptors (Lipinski definition) is 10. The van der Waals surface area contributed by atoms with Crippen molar-refractivity contribution in [2.75, 3.05) is 58.9 Å². The van der Waals surface area contributed by atoms with Crippen LogP contribution in [0.4, 0.5) is 9.59 Å². The highest BCUT2D eigenvalue weighted by Gasteiger charge is 2.16. The Morgan fingerprint density at radius 3 is 1.60 bits per heavy atom. The van der Waals surface area contributed by atoms with E-state index in [2.05, 4.69) is 31.3 Å². The number of carbonyl (C=O) groups is 2. The number of ether oxygens (including phenoxy) is 4. The third kappa shape index (κ3) is 50.0. The van der Waals surface area contributed by atoms with Crippen LogP contribution in [0, 0.1) is 0 Å². The van der Waals surface area contributed by atoms with E-state index < -0.39 is 32.4 Å². The Morgan fingerprint density at radius 1 is 0.914 bits per heavy atom. The summed E-state index contributed by atoms with van der Waals surface area (Å²) in [5, 5.41) is 16.8. The minimum absolute atomic E-state index is 0.00750. The standard InChI is InChI=1S/C9H18N4O3.C9H19NO4.CH3ClO2S/c1-9(2,3)16-8(14)11-4-6-15-7-5-12-13-10;1-9(2,3)14-8(12)10-4-6-13-7-5-11;1-5(2,3)4/h4-7H2,1-3H3,(H,11,14);11H,4-7H2,1-3H3,(H,10,12);1H3. The number of rotatable bonds is 11. The molecule has 0 aliphatic rings. The van der Waals surface area contributed by atoms with E-state index in [0.29, 0.717) is 39.5 Å². The van der Waals surface area contributed by atoms with E-state index in [1.807, 2.05) is 0 Å². The van der Waals surface area contributed by atoms with Gasteiger partial charge in [-0.15, -0.1) is 0 Å². The molecule has 0 spiro atoms. The lowest BCUT2D eigenvalue weighted by Crippen LogP contribution is -2.34. The van der Waals surface area contributed by atoms with Crippen molar-refractivity contribution >= 4 is 31.9 Å². The van der Waals surface area contributed by atoms with Gasteiger partial charge >= 0.3 is 12.2 Å². The molecule has 0 saturated heterocycles. The van der Waals surface area contributed by atoms with Crippen LogP contribution in [-0.2, 0) is 28.0 Å². The molecule has 0 aliphatic heterocycles. The quantitative estimate of drug-likeness (QED) is 0.114. The van der Waals surface area contributed by atoms with Crippen molar-refractivity contribution in [2.45, 2.75) is 52.7 Å². The Kier molecular flexibility index (Phi) is 22.8. The number of amides is 2. The number of nitrogens with one attached hydrogen (secondary N) is 2. The Labute approximate surface area is 212 Å². The Morgan fingerprint density at radius 2 is 1.29 bits per heavy atom. The predicted molar refractivity (Wildman–Crippen MR) is 132 cm³/mol. The molecule has 14 nitrogen and oxygen atoms in total. The molecule has 0 rings (SSSR count). The second-order valence-electron chi connectivity index (χ2n) is 8.44. The van der Waals surface area contributed by atoms with E-state index in [-0.39, 0.29) is 13.2 Å². The zero-order chi connectivity index (χ0) is 28.0. The molecule has 0 aromatic heterocycles. The summed E-state index contributed by atoms with van der Waals surface area (Å²) in [6, 6.07) is 0. The van der Waals surface area contributed by atoms with Crippen LogP contribution >= 0.6 is 10.7 Å². The number of aliphatic hydroxyl groups excluding tert-OH is 1. The molecule has 0 atom stereocenters. The molecule has 0 bridgehead atoms. The third-order valence-electron chi connectivity index (χ3n) is 2.46. The first-order valence-electron chi connectivity index (χ1n) is 10.5. The van der Waals surface area contributed by atoms with E-state index in [1.54, 1.807) is 41.5 Å². The number of azide groups is 1. The number of nitrogens with zero attached hydrogens (tertiary/aromatic N) is 3. The average Bonchev–Trinajstić information content (AvgIpc) is 2.63. The van der Waals surface area contributed by atoms with Gasteiger partial charge in [0.2, 0.25) is 9.05 Å². The van der Waals surface area contributed by atoms with Crippen LogP contribution in [-0.4, -0.2) is 95.8 Å². The molecule has 0 heterocycles. The molecule has 0 aromatic carbocycles. The first-order valence-corrected chi connectivity index (χ1v) is 13.2. The monoisotopic (exact) mass is 549 g/mol. The van der Waals surface area contributed by atoms with Crippen LogP contribution < -0.4 is 10.6 Å². The molecule has 0 aliphatic carbocycles. The molecule has 0 aromatic rings. The smallest absolute Gasteiger partial charge is 0.407 e. The largest absolute Gasteiger partial charge is 0.444 e. The predicted octanol–water partition coefficient (Wildman–Crippen LogP) is 2.54. The molecule has 0 radical (unpaired) electrons. The van der Waals surface area contributed by atoms with Gasteiger partial charge in [-0.05, 0) is 47.1 Å². The fraction of sp³-hybridized carbons (Fsp3) is 0.895. The maximum absolute atomic E-state index is 11.1. The van der Waals surface area contributed by atoms with Gasteiger partial charge in [-0.3, -0.25) is 0 Å². The average molecular weight is 550 g/mol. The van der Waals surface area contributed by atoms with Crippen LogP contribution in [0.1, 0.15) is 41.5 Å². The van der Waals surface area contributed by atoms with Crippen LogP contribution in [0.15, 0.2) is 5.11 Å². The minimum atomic E-state index is -3.19. The SMILES string of the molecule is CC(C)(C)OC(=O)NCCOCCN=[N+]=[N-].CC(C)(C)OC(=O)NCCOCCO.CS(=O)(=O)Cl. The van der Waals surface area contributed by atoms with Gasteiger partial charge in [-0.2, -0.15) is 0 Å². The van der Waals surface area contributed by atoms with E-state index in [0.717, 1.165) is 6.26 Å². The van der Waals surface area contributed by atoms with Crippen molar-refractivity contribution in [3.05, 3.63) is 10.4 Å². The van der Waals surface area contributed by atoms with Gasteiger partial charge < -0.3 is 34.7 Å². The normalized spacial score (nSPS) is 10.9. The van der Waals surface area contributed by atoms with E-state index in [9.17, 15) is 18.0 Å². The van der Waals surface area contributed by atoms with Crippen LogP contribution in [0.2, 0.25) is 0 Å². The number of alkyl carbamates (subject to hydrolysis) is 2. The molecular weight excluding hydrogens is 510 g/mol. The lowest BCUT2D eigenvalue weighted by atomic mass is 10.2. The Balaban J connectivity index is -0.000000493. The molecule has 16 heteroatoms. The van der Waals surface area contributed by atoms with Crippen molar-refractivity contribution in [3.8, 4) is 0 Å². The number of halogens is 1. The number of carbonyl (C=O) groups excluding carboxylic acids is 2. The van der Waals surface area contributed by atoms with Crippen LogP contribution in [0.5, 0.6) is 0 Å². The summed E-state index contributed by atoms with van der Waals surface area (Å²) in [7, 11) is 1.31. The third-order valence-corrected chi connectivity index (χ3v) is 2.46. The highest BCUT2D eigenvalue weighted by atomic mass is 35.7. The molecule has 0 fully saturated rings. The molecule has 35 heavy (non-hydrogen) atoms. The van der Waals surface area contributed by atoms with Gasteiger partial charge in [-0.1, -0.05) is 5.11 Å². The minimum Gasteiger partial charge on any atom is -0.444 e. The zero-order valence-electron chi connectivity index (χ0n) is 21.5. The summed E-state index contributed by atoms with van der Waals surface area (Å²) in [4.78, 5) is 24.8. The van der Waals surface area contributed by atoms with Crippen molar-refractivity contribution in [2.24, 2.45) is 5.11 Å². The summed E-state index contributed by atoms with van der Waals surface area (Å²) in [6.45, 7) is 13.2. The second kappa shape index (κ2) is 21.3. The highest BCUT2D eigenvalue weighted by Crippen LogP contribution is 2.06. The van der Waals surface area contributed by atoms with Crippen LogP contribution in [0.25, 0.3) is 10.4 Å². The second-order valence-corrected chi connectivity index (χ2v) is 11.5.